The highest BCUT2D eigenvalue weighted by Gasteiger charge is 2.09. The molecule has 1 N–H and O–H groups in total. The van der Waals surface area contributed by atoms with Crippen LogP contribution in [-0.2, 0) is 13.0 Å². The molecule has 1 heterocycles. The van der Waals surface area contributed by atoms with Crippen LogP contribution in [-0.4, -0.2) is 34.9 Å². The van der Waals surface area contributed by atoms with Gasteiger partial charge in [-0.25, -0.2) is 9.98 Å². The van der Waals surface area contributed by atoms with E-state index < -0.39 is 0 Å². The predicted octanol–water partition coefficient (Wildman–Crippen LogP) is 5.97. The second-order valence-electron chi connectivity index (χ2n) is 7.04. The first kappa shape index (κ1) is 26.1. The highest BCUT2D eigenvalue weighted by atomic mass is 35.5. The van der Waals surface area contributed by atoms with E-state index in [0.29, 0.717) is 0 Å². The van der Waals surface area contributed by atoms with E-state index in [9.17, 15) is 5.11 Å². The third-order valence-corrected chi connectivity index (χ3v) is 5.72. The average Bonchev–Trinajstić information content (AvgIpc) is 3.17. The molecule has 0 saturated carbocycles. The molecule has 0 aliphatic heterocycles. The van der Waals surface area contributed by atoms with Crippen molar-refractivity contribution in [1.82, 2.24) is 9.88 Å². The van der Waals surface area contributed by atoms with E-state index in [1.807, 2.05) is 37.7 Å². The highest BCUT2D eigenvalue weighted by molar-refractivity contribution is 7.10. The Morgan fingerprint density at radius 2 is 1.80 bits per heavy atom. The molecule has 0 aliphatic rings. The molecule has 0 atom stereocenters. The Hall–Kier alpha value is -1.92. The molecule has 7 heteroatoms. The molecule has 0 saturated heterocycles. The molecule has 0 fully saturated rings. The fourth-order valence-corrected chi connectivity index (χ4v) is 3.73. The summed E-state index contributed by atoms with van der Waals surface area (Å²) in [6, 6.07) is 12.3. The van der Waals surface area contributed by atoms with Crippen molar-refractivity contribution in [2.24, 2.45) is 4.99 Å². The van der Waals surface area contributed by atoms with Crippen LogP contribution in [0.4, 0.5) is 5.69 Å². The van der Waals surface area contributed by atoms with Crippen LogP contribution in [0.5, 0.6) is 0 Å². The van der Waals surface area contributed by atoms with E-state index in [-0.39, 0.29) is 31.4 Å². The van der Waals surface area contributed by atoms with E-state index in [2.05, 4.69) is 48.2 Å². The molecule has 4 nitrogen and oxygen atoms in total. The average molecular weight is 466 g/mol. The summed E-state index contributed by atoms with van der Waals surface area (Å²) in [6.07, 6.45) is 2.71. The minimum absolute atomic E-state index is 0. The fourth-order valence-electron chi connectivity index (χ4n) is 2.90. The van der Waals surface area contributed by atoms with Gasteiger partial charge in [0.25, 0.3) is 0 Å². The first-order valence-electron chi connectivity index (χ1n) is 9.49. The number of hydrogen-bond donors (Lipinski definition) is 1. The summed E-state index contributed by atoms with van der Waals surface area (Å²) in [6.45, 7) is 7.36. The number of aliphatic imine (C=N–C) groups is 1. The number of halogens is 2. The maximum absolute atomic E-state index is 9.18. The van der Waals surface area contributed by atoms with Gasteiger partial charge in [-0.2, -0.15) is 0 Å². The number of aryl methyl sites for hydroxylation is 2. The number of aliphatic hydroxyl groups is 1. The highest BCUT2D eigenvalue weighted by Crippen LogP contribution is 2.28. The molecular formula is C23H29Cl2N3OS. The quantitative estimate of drug-likeness (QED) is 0.345. The van der Waals surface area contributed by atoms with Crippen molar-refractivity contribution >= 4 is 48.2 Å². The summed E-state index contributed by atoms with van der Waals surface area (Å²) in [7, 11) is 2.03. The van der Waals surface area contributed by atoms with Crippen molar-refractivity contribution in [3.63, 3.8) is 0 Å². The van der Waals surface area contributed by atoms with Crippen LogP contribution in [0.25, 0.3) is 11.3 Å². The third-order valence-electron chi connectivity index (χ3n) is 4.87. The standard InChI is InChI=1S/C23H27N3OS.2ClH/c1-5-26(4)15-24-21-11-16(2)20(10-17(21)3)12-23-25-22(14-28-23)19-8-6-18(13-27)7-9-19;;/h6-11,14-15,27H,5,12-13H2,1-4H3;2*1H/b24-15+;;. The fraction of sp³-hybridized carbons (Fsp3) is 0.304. The van der Waals surface area contributed by atoms with Crippen LogP contribution in [0.3, 0.4) is 0 Å². The van der Waals surface area contributed by atoms with Crippen molar-refractivity contribution in [1.29, 1.82) is 0 Å². The lowest BCUT2D eigenvalue weighted by Gasteiger charge is -2.11. The zero-order valence-electron chi connectivity index (χ0n) is 17.8. The van der Waals surface area contributed by atoms with Crippen LogP contribution in [0.15, 0.2) is 46.8 Å². The van der Waals surface area contributed by atoms with Gasteiger partial charge in [0.1, 0.15) is 0 Å². The van der Waals surface area contributed by atoms with Gasteiger partial charge in [-0.3, -0.25) is 0 Å². The molecule has 3 rings (SSSR count). The SMILES string of the molecule is CCN(C)/C=N/c1cc(C)c(Cc2nc(-c3ccc(CO)cc3)cs2)cc1C.Cl.Cl. The summed E-state index contributed by atoms with van der Waals surface area (Å²) < 4.78 is 0. The van der Waals surface area contributed by atoms with E-state index in [1.165, 1.54) is 16.7 Å². The van der Waals surface area contributed by atoms with Crippen molar-refractivity contribution < 1.29 is 5.11 Å². The van der Waals surface area contributed by atoms with Gasteiger partial charge in [-0.1, -0.05) is 30.3 Å². The van der Waals surface area contributed by atoms with Gasteiger partial charge in [-0.15, -0.1) is 36.2 Å². The molecule has 1 aromatic heterocycles. The molecule has 0 unspecified atom stereocenters. The number of thiazole rings is 1. The number of aromatic nitrogens is 1. The summed E-state index contributed by atoms with van der Waals surface area (Å²) in [5, 5.41) is 12.4. The van der Waals surface area contributed by atoms with Gasteiger partial charge in [0.2, 0.25) is 0 Å². The van der Waals surface area contributed by atoms with Gasteiger partial charge in [0.05, 0.1) is 29.3 Å². The Labute approximate surface area is 195 Å². The Balaban J connectivity index is 0.00000225. The van der Waals surface area contributed by atoms with Gasteiger partial charge >= 0.3 is 0 Å². The molecule has 3 aromatic rings. The molecule has 0 aliphatic carbocycles. The Kier molecular flexibility index (Phi) is 10.5. The normalized spacial score (nSPS) is 10.6. The van der Waals surface area contributed by atoms with Crippen LogP contribution in [0.2, 0.25) is 0 Å². The summed E-state index contributed by atoms with van der Waals surface area (Å²) >= 11 is 1.69. The van der Waals surface area contributed by atoms with E-state index in [4.69, 9.17) is 4.98 Å². The lowest BCUT2D eigenvalue weighted by Crippen LogP contribution is -2.14. The third kappa shape index (κ3) is 6.54. The molecule has 2 aromatic carbocycles. The van der Waals surface area contributed by atoms with Crippen molar-refractivity contribution in [3.8, 4) is 11.3 Å². The van der Waals surface area contributed by atoms with E-state index in [0.717, 1.165) is 40.5 Å². The van der Waals surface area contributed by atoms with Gasteiger partial charge in [0.15, 0.2) is 0 Å². The minimum Gasteiger partial charge on any atom is -0.392 e. The number of rotatable bonds is 7. The lowest BCUT2D eigenvalue weighted by molar-refractivity contribution is 0.282. The van der Waals surface area contributed by atoms with Crippen LogP contribution in [0, 0.1) is 13.8 Å². The monoisotopic (exact) mass is 465 g/mol. The number of benzene rings is 2. The van der Waals surface area contributed by atoms with Gasteiger partial charge in [0, 0.05) is 31.0 Å². The molecular weight excluding hydrogens is 437 g/mol. The maximum Gasteiger partial charge on any atom is 0.0976 e. The van der Waals surface area contributed by atoms with Crippen LogP contribution >= 0.6 is 36.2 Å². The molecule has 0 spiro atoms. The number of nitrogens with zero attached hydrogens (tertiary/aromatic N) is 3. The second-order valence-corrected chi connectivity index (χ2v) is 7.98. The molecule has 0 radical (unpaired) electrons. The predicted molar refractivity (Wildman–Crippen MR) is 133 cm³/mol. The molecule has 30 heavy (non-hydrogen) atoms. The number of hydrogen-bond acceptors (Lipinski definition) is 4. The molecule has 162 valence electrons. The summed E-state index contributed by atoms with van der Waals surface area (Å²) in [4.78, 5) is 11.5. The maximum atomic E-state index is 9.18. The van der Waals surface area contributed by atoms with Crippen molar-refractivity contribution in [2.75, 3.05) is 13.6 Å². The molecule has 0 amide bonds. The van der Waals surface area contributed by atoms with Gasteiger partial charge in [-0.05, 0) is 49.1 Å². The zero-order valence-corrected chi connectivity index (χ0v) is 20.2. The first-order chi connectivity index (χ1) is 13.5. The minimum atomic E-state index is 0. The Bertz CT molecular complexity index is 971. The Morgan fingerprint density at radius 1 is 1.10 bits per heavy atom. The van der Waals surface area contributed by atoms with E-state index >= 15 is 0 Å². The van der Waals surface area contributed by atoms with Crippen LogP contribution in [0.1, 0.15) is 34.2 Å². The van der Waals surface area contributed by atoms with Crippen molar-refractivity contribution in [3.05, 3.63) is 69.0 Å². The number of aliphatic hydroxyl groups excluding tert-OH is 1. The smallest absolute Gasteiger partial charge is 0.0976 e. The first-order valence-corrected chi connectivity index (χ1v) is 10.4. The zero-order chi connectivity index (χ0) is 20.1. The second kappa shape index (κ2) is 12.1. The lowest BCUT2D eigenvalue weighted by atomic mass is 10.0. The topological polar surface area (TPSA) is 48.7 Å². The Morgan fingerprint density at radius 3 is 2.43 bits per heavy atom. The van der Waals surface area contributed by atoms with Gasteiger partial charge < -0.3 is 10.0 Å². The summed E-state index contributed by atoms with van der Waals surface area (Å²) in [5.74, 6) is 0. The van der Waals surface area contributed by atoms with Crippen molar-refractivity contribution in [2.45, 2.75) is 33.8 Å². The summed E-state index contributed by atoms with van der Waals surface area (Å²) in [5.41, 5.74) is 7.71. The van der Waals surface area contributed by atoms with E-state index in [1.54, 1.807) is 11.3 Å². The largest absolute Gasteiger partial charge is 0.392 e. The molecule has 0 bridgehead atoms. The van der Waals surface area contributed by atoms with Crippen LogP contribution < -0.4 is 0 Å².